The van der Waals surface area contributed by atoms with Gasteiger partial charge in [0, 0.05) is 17.2 Å². The Morgan fingerprint density at radius 1 is 1.41 bits per heavy atom. The van der Waals surface area contributed by atoms with Gasteiger partial charge in [-0.05, 0) is 20.3 Å². The second-order valence-corrected chi connectivity index (χ2v) is 4.88. The van der Waals surface area contributed by atoms with Gasteiger partial charge >= 0.3 is 0 Å². The van der Waals surface area contributed by atoms with Gasteiger partial charge in [-0.25, -0.2) is 4.39 Å². The van der Waals surface area contributed by atoms with Crippen LogP contribution < -0.4 is 15.2 Å². The highest BCUT2D eigenvalue weighted by atomic mass is 19.1. The van der Waals surface area contributed by atoms with Crippen LogP contribution in [0.3, 0.4) is 0 Å². The zero-order valence-electron chi connectivity index (χ0n) is 9.92. The molecule has 0 saturated heterocycles. The SMILES string of the molecule is CC(C)(N)Cc1c(O)c(F)cc2c1OCCO2. The summed E-state index contributed by atoms with van der Waals surface area (Å²) in [4.78, 5) is 0. The van der Waals surface area contributed by atoms with E-state index in [9.17, 15) is 9.50 Å². The third-order valence-corrected chi connectivity index (χ3v) is 2.49. The van der Waals surface area contributed by atoms with E-state index in [0.29, 0.717) is 36.7 Å². The Bertz CT molecular complexity index is 440. The molecule has 1 aromatic rings. The molecular weight excluding hydrogens is 225 g/mol. The number of rotatable bonds is 2. The van der Waals surface area contributed by atoms with Crippen LogP contribution in [-0.4, -0.2) is 23.9 Å². The van der Waals surface area contributed by atoms with Crippen LogP contribution >= 0.6 is 0 Å². The van der Waals surface area contributed by atoms with Crippen molar-refractivity contribution in [1.82, 2.24) is 0 Å². The van der Waals surface area contributed by atoms with Crippen LogP contribution in [0.2, 0.25) is 0 Å². The first-order valence-electron chi connectivity index (χ1n) is 5.47. The van der Waals surface area contributed by atoms with Gasteiger partial charge in [-0.15, -0.1) is 0 Å². The molecule has 0 atom stereocenters. The van der Waals surface area contributed by atoms with E-state index in [1.165, 1.54) is 0 Å². The third kappa shape index (κ3) is 2.44. The Balaban J connectivity index is 2.51. The van der Waals surface area contributed by atoms with Crippen molar-refractivity contribution in [2.45, 2.75) is 25.8 Å². The van der Waals surface area contributed by atoms with Crippen molar-refractivity contribution < 1.29 is 19.0 Å². The summed E-state index contributed by atoms with van der Waals surface area (Å²) >= 11 is 0. The summed E-state index contributed by atoms with van der Waals surface area (Å²) in [6.07, 6.45) is 0.308. The lowest BCUT2D eigenvalue weighted by molar-refractivity contribution is 0.167. The molecule has 5 heteroatoms. The maximum atomic E-state index is 13.5. The molecule has 0 unspecified atom stereocenters. The van der Waals surface area contributed by atoms with Crippen LogP contribution in [0, 0.1) is 5.82 Å². The number of nitrogens with two attached hydrogens (primary N) is 1. The van der Waals surface area contributed by atoms with Crippen molar-refractivity contribution in [2.75, 3.05) is 13.2 Å². The van der Waals surface area contributed by atoms with E-state index in [2.05, 4.69) is 0 Å². The fourth-order valence-electron chi connectivity index (χ4n) is 1.83. The Hall–Kier alpha value is -1.49. The summed E-state index contributed by atoms with van der Waals surface area (Å²) in [5, 5.41) is 9.75. The Kier molecular flexibility index (Phi) is 2.87. The molecule has 1 aliphatic rings. The monoisotopic (exact) mass is 241 g/mol. The minimum atomic E-state index is -0.714. The summed E-state index contributed by atoms with van der Waals surface area (Å²) in [6, 6.07) is 1.14. The number of phenols is 1. The van der Waals surface area contributed by atoms with Gasteiger partial charge in [0.15, 0.2) is 23.1 Å². The van der Waals surface area contributed by atoms with Crippen LogP contribution in [-0.2, 0) is 6.42 Å². The van der Waals surface area contributed by atoms with Gasteiger partial charge in [0.1, 0.15) is 13.2 Å². The molecule has 0 aliphatic carbocycles. The maximum Gasteiger partial charge on any atom is 0.169 e. The lowest BCUT2D eigenvalue weighted by atomic mass is 9.94. The van der Waals surface area contributed by atoms with Crippen molar-refractivity contribution in [1.29, 1.82) is 0 Å². The van der Waals surface area contributed by atoms with Crippen molar-refractivity contribution >= 4 is 0 Å². The molecule has 0 spiro atoms. The van der Waals surface area contributed by atoms with Crippen molar-refractivity contribution in [3.63, 3.8) is 0 Å². The van der Waals surface area contributed by atoms with E-state index >= 15 is 0 Å². The summed E-state index contributed by atoms with van der Waals surface area (Å²) in [6.45, 7) is 4.36. The molecular formula is C12H16FNO3. The lowest BCUT2D eigenvalue weighted by Crippen LogP contribution is -2.35. The number of benzene rings is 1. The molecule has 1 heterocycles. The Morgan fingerprint density at radius 2 is 2.06 bits per heavy atom. The van der Waals surface area contributed by atoms with E-state index in [1.807, 2.05) is 0 Å². The molecule has 3 N–H and O–H groups in total. The predicted octanol–water partition coefficient (Wildman–Crippen LogP) is 1.58. The number of ether oxygens (including phenoxy) is 2. The number of halogens is 1. The highest BCUT2D eigenvalue weighted by molar-refractivity contribution is 5.55. The summed E-state index contributed by atoms with van der Waals surface area (Å²) in [5.41, 5.74) is 5.69. The van der Waals surface area contributed by atoms with Crippen molar-refractivity contribution in [3.8, 4) is 17.2 Å². The number of aromatic hydroxyl groups is 1. The van der Waals surface area contributed by atoms with Crippen molar-refractivity contribution in [3.05, 3.63) is 17.4 Å². The van der Waals surface area contributed by atoms with E-state index in [1.54, 1.807) is 13.8 Å². The molecule has 1 aromatic carbocycles. The Morgan fingerprint density at radius 3 is 2.71 bits per heavy atom. The average Bonchev–Trinajstić information content (AvgIpc) is 2.23. The van der Waals surface area contributed by atoms with Gasteiger partial charge in [-0.3, -0.25) is 0 Å². The minimum absolute atomic E-state index is 0.308. The molecule has 4 nitrogen and oxygen atoms in total. The first-order chi connectivity index (χ1) is 7.88. The molecule has 0 amide bonds. The number of fused-ring (bicyclic) bond motifs is 1. The second kappa shape index (κ2) is 4.07. The first-order valence-corrected chi connectivity index (χ1v) is 5.47. The van der Waals surface area contributed by atoms with Crippen LogP contribution in [0.25, 0.3) is 0 Å². The van der Waals surface area contributed by atoms with Crippen LogP contribution in [0.15, 0.2) is 6.07 Å². The second-order valence-electron chi connectivity index (χ2n) is 4.88. The van der Waals surface area contributed by atoms with Gasteiger partial charge in [0.05, 0.1) is 0 Å². The maximum absolute atomic E-state index is 13.5. The average molecular weight is 241 g/mol. The molecule has 1 aliphatic heterocycles. The van der Waals surface area contributed by atoms with Gasteiger partial charge in [-0.1, -0.05) is 0 Å². The van der Waals surface area contributed by atoms with Crippen LogP contribution in [0.5, 0.6) is 17.2 Å². The topological polar surface area (TPSA) is 64.7 Å². The molecule has 0 aromatic heterocycles. The normalized spacial score (nSPS) is 14.8. The van der Waals surface area contributed by atoms with Crippen molar-refractivity contribution in [2.24, 2.45) is 5.73 Å². The molecule has 94 valence electrons. The number of phenolic OH excluding ortho intramolecular Hbond substituents is 1. The molecule has 0 fully saturated rings. The third-order valence-electron chi connectivity index (χ3n) is 2.49. The molecule has 0 bridgehead atoms. The first kappa shape index (κ1) is 12.0. The van der Waals surface area contributed by atoms with E-state index in [4.69, 9.17) is 15.2 Å². The quantitative estimate of drug-likeness (QED) is 0.825. The van der Waals surface area contributed by atoms with Gasteiger partial charge in [-0.2, -0.15) is 0 Å². The van der Waals surface area contributed by atoms with Gasteiger partial charge < -0.3 is 20.3 Å². The molecule has 2 rings (SSSR count). The molecule has 0 radical (unpaired) electrons. The van der Waals surface area contributed by atoms with Gasteiger partial charge in [0.25, 0.3) is 0 Å². The number of hydrogen-bond donors (Lipinski definition) is 2. The summed E-state index contributed by atoms with van der Waals surface area (Å²) in [7, 11) is 0. The Labute approximate surface area is 99.1 Å². The van der Waals surface area contributed by atoms with E-state index in [-0.39, 0.29) is 0 Å². The van der Waals surface area contributed by atoms with Crippen LogP contribution in [0.4, 0.5) is 4.39 Å². The smallest absolute Gasteiger partial charge is 0.169 e. The largest absolute Gasteiger partial charge is 0.505 e. The highest BCUT2D eigenvalue weighted by Crippen LogP contribution is 2.42. The van der Waals surface area contributed by atoms with E-state index in [0.717, 1.165) is 6.07 Å². The summed E-state index contributed by atoms with van der Waals surface area (Å²) in [5.74, 6) is -0.402. The highest BCUT2D eigenvalue weighted by Gasteiger charge is 2.26. The fraction of sp³-hybridized carbons (Fsp3) is 0.500. The zero-order chi connectivity index (χ0) is 12.6. The molecule has 17 heavy (non-hydrogen) atoms. The predicted molar refractivity (Wildman–Crippen MR) is 61.0 cm³/mol. The standard InChI is InChI=1S/C12H16FNO3/c1-12(2,14)6-7-10(15)8(13)5-9-11(7)17-4-3-16-9/h5,15H,3-4,6,14H2,1-2H3. The minimum Gasteiger partial charge on any atom is -0.505 e. The summed E-state index contributed by atoms with van der Waals surface area (Å²) < 4.78 is 24.2. The van der Waals surface area contributed by atoms with Gasteiger partial charge in [0.2, 0.25) is 0 Å². The zero-order valence-corrected chi connectivity index (χ0v) is 9.92. The fourth-order valence-corrected chi connectivity index (χ4v) is 1.83. The number of hydrogen-bond acceptors (Lipinski definition) is 4. The lowest BCUT2D eigenvalue weighted by Gasteiger charge is -2.25. The van der Waals surface area contributed by atoms with E-state index < -0.39 is 17.1 Å². The molecule has 0 saturated carbocycles. The van der Waals surface area contributed by atoms with Crippen LogP contribution in [0.1, 0.15) is 19.4 Å².